The summed E-state index contributed by atoms with van der Waals surface area (Å²) in [7, 11) is 0. The van der Waals surface area contributed by atoms with Crippen molar-refractivity contribution in [3.05, 3.63) is 105 Å². The van der Waals surface area contributed by atoms with Gasteiger partial charge in [0.25, 0.3) is 5.91 Å². The van der Waals surface area contributed by atoms with E-state index in [1.54, 1.807) is 30.3 Å². The molecule has 0 aliphatic rings. The van der Waals surface area contributed by atoms with Crippen molar-refractivity contribution in [3.8, 4) is 6.07 Å². The van der Waals surface area contributed by atoms with E-state index in [4.69, 9.17) is 11.6 Å². The zero-order valence-corrected chi connectivity index (χ0v) is 17.2. The number of carbonyl (C=O) groups is 1. The smallest absolute Gasteiger partial charge is 0.266 e. The molecule has 3 aromatic rings. The van der Waals surface area contributed by atoms with Crippen LogP contribution in [0.2, 0.25) is 5.02 Å². The lowest BCUT2D eigenvalue weighted by atomic mass is 9.98. The fourth-order valence-electron chi connectivity index (χ4n) is 2.75. The second-order valence-corrected chi connectivity index (χ2v) is 7.39. The maximum Gasteiger partial charge on any atom is 0.266 e. The summed E-state index contributed by atoms with van der Waals surface area (Å²) in [6.45, 7) is 0. The van der Waals surface area contributed by atoms with Crippen molar-refractivity contribution < 1.29 is 4.79 Å². The van der Waals surface area contributed by atoms with Gasteiger partial charge in [-0.2, -0.15) is 5.26 Å². The van der Waals surface area contributed by atoms with Crippen LogP contribution in [-0.2, 0) is 11.2 Å². The summed E-state index contributed by atoms with van der Waals surface area (Å²) in [4.78, 5) is 12.5. The maximum atomic E-state index is 12.5. The third kappa shape index (κ3) is 5.10. The molecule has 0 saturated carbocycles. The molecule has 3 rings (SSSR count). The molecule has 0 spiro atoms. The Bertz CT molecular complexity index is 1090. The summed E-state index contributed by atoms with van der Waals surface area (Å²) < 4.78 is 1.02. The number of amides is 1. The molecule has 0 heterocycles. The third-order valence-corrected chi connectivity index (χ3v) is 5.15. The predicted molar refractivity (Wildman–Crippen MR) is 117 cm³/mol. The first-order valence-electron chi connectivity index (χ1n) is 8.57. The molecule has 5 heteroatoms. The fraction of sp³-hybridized carbons (Fsp3) is 0.0435. The largest absolute Gasteiger partial charge is 0.321 e. The van der Waals surface area contributed by atoms with Gasteiger partial charge in [0.2, 0.25) is 0 Å². The number of anilines is 1. The summed E-state index contributed by atoms with van der Waals surface area (Å²) in [5, 5.41) is 12.7. The van der Waals surface area contributed by atoms with E-state index in [-0.39, 0.29) is 5.57 Å². The topological polar surface area (TPSA) is 52.9 Å². The third-order valence-electron chi connectivity index (χ3n) is 4.14. The van der Waals surface area contributed by atoms with Gasteiger partial charge < -0.3 is 5.32 Å². The normalized spacial score (nSPS) is 11.0. The quantitative estimate of drug-likeness (QED) is 0.369. The molecule has 0 atom stereocenters. The minimum absolute atomic E-state index is 0.0274. The monoisotopic (exact) mass is 450 g/mol. The van der Waals surface area contributed by atoms with Crippen LogP contribution in [0.4, 0.5) is 5.69 Å². The lowest BCUT2D eigenvalue weighted by molar-refractivity contribution is -0.112. The maximum absolute atomic E-state index is 12.5. The summed E-state index contributed by atoms with van der Waals surface area (Å²) >= 11 is 9.51. The lowest BCUT2D eigenvalue weighted by Gasteiger charge is -2.09. The van der Waals surface area contributed by atoms with Gasteiger partial charge in [-0.25, -0.2) is 0 Å². The van der Waals surface area contributed by atoms with E-state index in [1.807, 2.05) is 54.6 Å². The molecule has 3 nitrogen and oxygen atoms in total. The second kappa shape index (κ2) is 9.36. The molecular weight excluding hydrogens is 436 g/mol. The molecule has 0 radical (unpaired) electrons. The van der Waals surface area contributed by atoms with Gasteiger partial charge in [-0.3, -0.25) is 4.79 Å². The number of halogens is 2. The lowest BCUT2D eigenvalue weighted by Crippen LogP contribution is -2.13. The number of nitrogens with zero attached hydrogens (tertiary/aromatic N) is 1. The van der Waals surface area contributed by atoms with Gasteiger partial charge in [-0.05, 0) is 53.5 Å². The zero-order valence-electron chi connectivity index (χ0n) is 14.8. The first-order chi connectivity index (χ1) is 13.6. The van der Waals surface area contributed by atoms with E-state index < -0.39 is 5.91 Å². The molecule has 0 fully saturated rings. The number of benzene rings is 3. The predicted octanol–water partition coefficient (Wildman–Crippen LogP) is 6.24. The van der Waals surface area contributed by atoms with Crippen LogP contribution in [0.5, 0.6) is 0 Å². The number of carbonyl (C=O) groups excluding carboxylic acids is 1. The van der Waals surface area contributed by atoms with Gasteiger partial charge in [0, 0.05) is 15.2 Å². The van der Waals surface area contributed by atoms with Crippen LogP contribution in [0.25, 0.3) is 6.08 Å². The Labute approximate surface area is 177 Å². The van der Waals surface area contributed by atoms with Crippen LogP contribution in [0.1, 0.15) is 16.7 Å². The zero-order chi connectivity index (χ0) is 19.9. The van der Waals surface area contributed by atoms with E-state index in [0.29, 0.717) is 17.1 Å². The van der Waals surface area contributed by atoms with Crippen molar-refractivity contribution in [1.82, 2.24) is 0 Å². The fourth-order valence-corrected chi connectivity index (χ4v) is 3.37. The van der Waals surface area contributed by atoms with E-state index in [1.165, 1.54) is 0 Å². The van der Waals surface area contributed by atoms with Gasteiger partial charge >= 0.3 is 0 Å². The Balaban J connectivity index is 1.87. The molecular formula is C23H16BrClN2O. The van der Waals surface area contributed by atoms with E-state index in [2.05, 4.69) is 21.2 Å². The highest BCUT2D eigenvalue weighted by Crippen LogP contribution is 2.23. The van der Waals surface area contributed by atoms with Gasteiger partial charge in [-0.1, -0.05) is 76.1 Å². The van der Waals surface area contributed by atoms with Gasteiger partial charge in [-0.15, -0.1) is 0 Å². The van der Waals surface area contributed by atoms with Crippen molar-refractivity contribution >= 4 is 45.2 Å². The van der Waals surface area contributed by atoms with E-state index in [9.17, 15) is 10.1 Å². The Morgan fingerprint density at radius 3 is 2.46 bits per heavy atom. The van der Waals surface area contributed by atoms with Crippen molar-refractivity contribution in [2.75, 3.05) is 5.32 Å². The van der Waals surface area contributed by atoms with E-state index in [0.717, 1.165) is 21.2 Å². The van der Waals surface area contributed by atoms with Crippen molar-refractivity contribution in [1.29, 1.82) is 5.26 Å². The number of rotatable bonds is 5. The van der Waals surface area contributed by atoms with Crippen LogP contribution in [0, 0.1) is 11.3 Å². The van der Waals surface area contributed by atoms with E-state index >= 15 is 0 Å². The number of nitriles is 1. The average Bonchev–Trinajstić information content (AvgIpc) is 2.69. The van der Waals surface area contributed by atoms with Crippen LogP contribution in [0.3, 0.4) is 0 Å². The highest BCUT2D eigenvalue weighted by Gasteiger charge is 2.12. The highest BCUT2D eigenvalue weighted by molar-refractivity contribution is 9.10. The molecule has 0 aliphatic heterocycles. The van der Waals surface area contributed by atoms with Gasteiger partial charge in [0.05, 0.1) is 0 Å². The second-order valence-electron chi connectivity index (χ2n) is 6.10. The number of nitrogens with one attached hydrogen (secondary N) is 1. The standard InChI is InChI=1S/C23H16BrClN2O/c24-22-11-4-3-8-18(22)12-16-6-1-2-7-17(16)13-19(15-26)23(28)27-21-10-5-9-20(25)14-21/h1-11,13-14H,12H2,(H,27,28)/b19-13+. The Hall–Kier alpha value is -2.87. The van der Waals surface area contributed by atoms with Crippen molar-refractivity contribution in [2.45, 2.75) is 6.42 Å². The van der Waals surface area contributed by atoms with Crippen LogP contribution < -0.4 is 5.32 Å². The summed E-state index contributed by atoms with van der Waals surface area (Å²) in [6.07, 6.45) is 2.30. The van der Waals surface area contributed by atoms with Crippen LogP contribution >= 0.6 is 27.5 Å². The number of hydrogen-bond donors (Lipinski definition) is 1. The molecule has 28 heavy (non-hydrogen) atoms. The highest BCUT2D eigenvalue weighted by atomic mass is 79.9. The molecule has 0 aromatic heterocycles. The van der Waals surface area contributed by atoms with Gasteiger partial charge in [0.15, 0.2) is 0 Å². The molecule has 0 saturated heterocycles. The molecule has 0 aliphatic carbocycles. The Morgan fingerprint density at radius 1 is 1.04 bits per heavy atom. The van der Waals surface area contributed by atoms with Crippen LogP contribution in [-0.4, -0.2) is 5.91 Å². The Kier molecular flexibility index (Phi) is 6.65. The molecule has 3 aromatic carbocycles. The summed E-state index contributed by atoms with van der Waals surface area (Å²) in [5.74, 6) is -0.472. The first-order valence-corrected chi connectivity index (χ1v) is 9.74. The minimum atomic E-state index is -0.472. The van der Waals surface area contributed by atoms with Crippen molar-refractivity contribution in [3.63, 3.8) is 0 Å². The molecule has 1 N–H and O–H groups in total. The SMILES string of the molecule is N#C/C(=C\c1ccccc1Cc1ccccc1Br)C(=O)Nc1cccc(Cl)c1. The number of hydrogen-bond acceptors (Lipinski definition) is 2. The molecule has 0 unspecified atom stereocenters. The molecule has 138 valence electrons. The summed E-state index contributed by atoms with van der Waals surface area (Å²) in [6, 6.07) is 24.5. The van der Waals surface area contributed by atoms with Crippen LogP contribution in [0.15, 0.2) is 82.8 Å². The van der Waals surface area contributed by atoms with Crippen molar-refractivity contribution in [2.24, 2.45) is 0 Å². The molecule has 0 bridgehead atoms. The Morgan fingerprint density at radius 2 is 1.75 bits per heavy atom. The van der Waals surface area contributed by atoms with Gasteiger partial charge in [0.1, 0.15) is 11.6 Å². The molecule has 1 amide bonds. The minimum Gasteiger partial charge on any atom is -0.321 e. The average molecular weight is 452 g/mol. The summed E-state index contributed by atoms with van der Waals surface area (Å²) in [5.41, 5.74) is 3.55. The first kappa shape index (κ1) is 19.9.